The summed E-state index contributed by atoms with van der Waals surface area (Å²) in [6.07, 6.45) is 4.40. The van der Waals surface area contributed by atoms with Crippen molar-refractivity contribution in [1.29, 1.82) is 0 Å². The van der Waals surface area contributed by atoms with Crippen molar-refractivity contribution in [3.63, 3.8) is 0 Å². The van der Waals surface area contributed by atoms with E-state index in [0.29, 0.717) is 11.3 Å². The van der Waals surface area contributed by atoms with E-state index in [1.165, 1.54) is 5.56 Å². The summed E-state index contributed by atoms with van der Waals surface area (Å²) in [5.74, 6) is -0.0404. The molecule has 0 fully saturated rings. The highest BCUT2D eigenvalue weighted by Gasteiger charge is 2.13. The smallest absolute Gasteiger partial charge is 0.255 e. The first kappa shape index (κ1) is 14.8. The van der Waals surface area contributed by atoms with Crippen LogP contribution in [0.3, 0.4) is 0 Å². The molecule has 0 aliphatic carbocycles. The van der Waals surface area contributed by atoms with Crippen LogP contribution >= 0.6 is 0 Å². The normalized spacial score (nSPS) is 10.2. The highest BCUT2D eigenvalue weighted by Crippen LogP contribution is 2.20. The van der Waals surface area contributed by atoms with E-state index >= 15 is 0 Å². The van der Waals surface area contributed by atoms with Crippen LogP contribution in [0.4, 0.5) is 11.4 Å². The lowest BCUT2D eigenvalue weighted by Crippen LogP contribution is -2.23. The minimum absolute atomic E-state index is 0.0404. The van der Waals surface area contributed by atoms with E-state index in [4.69, 9.17) is 5.73 Å². The predicted octanol–water partition coefficient (Wildman–Crippen LogP) is 2.02. The van der Waals surface area contributed by atoms with Crippen LogP contribution in [0.2, 0.25) is 0 Å². The van der Waals surface area contributed by atoms with Crippen molar-refractivity contribution in [1.82, 2.24) is 9.88 Å². The van der Waals surface area contributed by atoms with E-state index in [0.717, 1.165) is 18.7 Å². The van der Waals surface area contributed by atoms with Gasteiger partial charge in [-0.3, -0.25) is 9.78 Å². The molecule has 0 aliphatic heterocycles. The minimum Gasteiger partial charge on any atom is -0.399 e. The number of nitrogens with zero attached hydrogens (tertiary/aromatic N) is 2. The lowest BCUT2D eigenvalue weighted by atomic mass is 10.1. The topological polar surface area (TPSA) is 71.2 Å². The molecule has 1 amide bonds. The number of aromatic nitrogens is 1. The zero-order valence-electron chi connectivity index (χ0n) is 12.3. The first-order chi connectivity index (χ1) is 10.1. The van der Waals surface area contributed by atoms with Crippen LogP contribution in [-0.4, -0.2) is 36.4 Å². The van der Waals surface area contributed by atoms with Gasteiger partial charge < -0.3 is 16.0 Å². The summed E-state index contributed by atoms with van der Waals surface area (Å²) >= 11 is 0. The van der Waals surface area contributed by atoms with E-state index in [-0.39, 0.29) is 5.91 Å². The summed E-state index contributed by atoms with van der Waals surface area (Å²) in [5.41, 5.74) is 9.04. The standard InChI is InChI=1S/C16H20N4O/c1-20(2)16(21)14-4-3-13(17)11-15(14)19-10-7-12-5-8-18-9-6-12/h3-6,8-9,11,19H,7,10,17H2,1-2H3. The molecule has 21 heavy (non-hydrogen) atoms. The number of nitrogens with one attached hydrogen (secondary N) is 1. The van der Waals surface area contributed by atoms with Crippen molar-refractivity contribution in [2.45, 2.75) is 6.42 Å². The van der Waals surface area contributed by atoms with Crippen molar-refractivity contribution in [2.24, 2.45) is 0 Å². The number of carbonyl (C=O) groups excluding carboxylic acids is 1. The van der Waals surface area contributed by atoms with E-state index in [9.17, 15) is 4.79 Å². The second-order valence-electron chi connectivity index (χ2n) is 5.04. The Kier molecular flexibility index (Phi) is 4.77. The van der Waals surface area contributed by atoms with Gasteiger partial charge in [0, 0.05) is 44.4 Å². The van der Waals surface area contributed by atoms with Gasteiger partial charge >= 0.3 is 0 Å². The Morgan fingerprint density at radius 3 is 2.62 bits per heavy atom. The number of nitrogens with two attached hydrogens (primary N) is 1. The molecule has 2 aromatic rings. The number of anilines is 2. The second-order valence-corrected chi connectivity index (χ2v) is 5.04. The Bertz CT molecular complexity index is 611. The molecular formula is C16H20N4O. The molecular weight excluding hydrogens is 264 g/mol. The van der Waals surface area contributed by atoms with Crippen LogP contribution in [-0.2, 0) is 6.42 Å². The Balaban J connectivity index is 2.08. The molecule has 1 heterocycles. The number of rotatable bonds is 5. The maximum absolute atomic E-state index is 12.1. The molecule has 0 atom stereocenters. The predicted molar refractivity (Wildman–Crippen MR) is 85.3 cm³/mol. The highest BCUT2D eigenvalue weighted by atomic mass is 16.2. The van der Waals surface area contributed by atoms with Crippen molar-refractivity contribution in [2.75, 3.05) is 31.7 Å². The van der Waals surface area contributed by atoms with Gasteiger partial charge in [0.15, 0.2) is 0 Å². The number of benzene rings is 1. The molecule has 0 unspecified atom stereocenters. The van der Waals surface area contributed by atoms with Crippen molar-refractivity contribution in [3.8, 4) is 0 Å². The van der Waals surface area contributed by atoms with Crippen LogP contribution in [0.5, 0.6) is 0 Å². The van der Waals surface area contributed by atoms with Gasteiger partial charge in [0.25, 0.3) is 5.91 Å². The molecule has 1 aromatic carbocycles. The maximum atomic E-state index is 12.1. The van der Waals surface area contributed by atoms with Gasteiger partial charge in [0.1, 0.15) is 0 Å². The molecule has 110 valence electrons. The van der Waals surface area contributed by atoms with Crippen LogP contribution in [0, 0.1) is 0 Å². The molecule has 3 N–H and O–H groups in total. The fourth-order valence-electron chi connectivity index (χ4n) is 2.03. The van der Waals surface area contributed by atoms with E-state index in [2.05, 4.69) is 10.3 Å². The Labute approximate surface area is 124 Å². The fraction of sp³-hybridized carbons (Fsp3) is 0.250. The average Bonchev–Trinajstić information content (AvgIpc) is 2.48. The van der Waals surface area contributed by atoms with Crippen molar-refractivity contribution < 1.29 is 4.79 Å². The molecule has 0 radical (unpaired) electrons. The highest BCUT2D eigenvalue weighted by molar-refractivity contribution is 6.00. The molecule has 0 aliphatic rings. The van der Waals surface area contributed by atoms with Gasteiger partial charge in [0.05, 0.1) is 5.56 Å². The third-order valence-corrected chi connectivity index (χ3v) is 3.16. The molecule has 0 spiro atoms. The SMILES string of the molecule is CN(C)C(=O)c1ccc(N)cc1NCCc1ccncc1. The first-order valence-corrected chi connectivity index (χ1v) is 6.82. The monoisotopic (exact) mass is 284 g/mol. The number of hydrogen-bond acceptors (Lipinski definition) is 4. The zero-order chi connectivity index (χ0) is 15.2. The molecule has 5 nitrogen and oxygen atoms in total. The van der Waals surface area contributed by atoms with Gasteiger partial charge in [-0.25, -0.2) is 0 Å². The van der Waals surface area contributed by atoms with Gasteiger partial charge in [-0.2, -0.15) is 0 Å². The lowest BCUT2D eigenvalue weighted by Gasteiger charge is -2.16. The molecule has 1 aromatic heterocycles. The van der Waals surface area contributed by atoms with Crippen LogP contribution < -0.4 is 11.1 Å². The van der Waals surface area contributed by atoms with Gasteiger partial charge in [0.2, 0.25) is 0 Å². The van der Waals surface area contributed by atoms with E-state index in [1.54, 1.807) is 49.6 Å². The largest absolute Gasteiger partial charge is 0.399 e. The van der Waals surface area contributed by atoms with Crippen LogP contribution in [0.1, 0.15) is 15.9 Å². The van der Waals surface area contributed by atoms with Crippen molar-refractivity contribution >= 4 is 17.3 Å². The molecule has 0 saturated heterocycles. The molecule has 0 bridgehead atoms. The van der Waals surface area contributed by atoms with E-state index < -0.39 is 0 Å². The Morgan fingerprint density at radius 2 is 1.95 bits per heavy atom. The summed E-state index contributed by atoms with van der Waals surface area (Å²) in [6, 6.07) is 9.25. The third kappa shape index (κ3) is 3.95. The van der Waals surface area contributed by atoms with Gasteiger partial charge in [-0.15, -0.1) is 0 Å². The number of amides is 1. The maximum Gasteiger partial charge on any atom is 0.255 e. The Hall–Kier alpha value is -2.56. The fourth-order valence-corrected chi connectivity index (χ4v) is 2.03. The number of pyridine rings is 1. The number of nitrogen functional groups attached to an aromatic ring is 1. The third-order valence-electron chi connectivity index (χ3n) is 3.16. The van der Waals surface area contributed by atoms with Gasteiger partial charge in [-0.1, -0.05) is 0 Å². The molecule has 2 rings (SSSR count). The quantitative estimate of drug-likeness (QED) is 0.824. The molecule has 5 heteroatoms. The van der Waals surface area contributed by atoms with E-state index in [1.807, 2.05) is 12.1 Å². The van der Waals surface area contributed by atoms with Crippen LogP contribution in [0.25, 0.3) is 0 Å². The lowest BCUT2D eigenvalue weighted by molar-refractivity contribution is 0.0828. The summed E-state index contributed by atoms with van der Waals surface area (Å²) in [4.78, 5) is 17.7. The second kappa shape index (κ2) is 6.74. The Morgan fingerprint density at radius 1 is 1.24 bits per heavy atom. The molecule has 0 saturated carbocycles. The van der Waals surface area contributed by atoms with Crippen molar-refractivity contribution in [3.05, 3.63) is 53.9 Å². The average molecular weight is 284 g/mol. The summed E-state index contributed by atoms with van der Waals surface area (Å²) < 4.78 is 0. The number of carbonyl (C=O) groups is 1. The zero-order valence-corrected chi connectivity index (χ0v) is 12.3. The van der Waals surface area contributed by atoms with Crippen LogP contribution in [0.15, 0.2) is 42.7 Å². The van der Waals surface area contributed by atoms with Gasteiger partial charge in [-0.05, 0) is 42.3 Å². The summed E-state index contributed by atoms with van der Waals surface area (Å²) in [7, 11) is 3.47. The first-order valence-electron chi connectivity index (χ1n) is 6.82. The summed E-state index contributed by atoms with van der Waals surface area (Å²) in [6.45, 7) is 0.723. The number of hydrogen-bond donors (Lipinski definition) is 2. The summed E-state index contributed by atoms with van der Waals surface area (Å²) in [5, 5.41) is 3.29. The minimum atomic E-state index is -0.0404.